The normalized spacial score (nSPS) is 11.8. The average Bonchev–Trinajstić information content (AvgIpc) is 3.07. The molecule has 0 bridgehead atoms. The first kappa shape index (κ1) is 22.5. The molecule has 0 aliphatic heterocycles. The number of nitrogens with zero attached hydrogens (tertiary/aromatic N) is 2. The molecular weight excluding hydrogens is 433 g/mol. The van der Waals surface area contributed by atoms with E-state index in [2.05, 4.69) is 20.5 Å². The van der Waals surface area contributed by atoms with Crippen LogP contribution in [0.15, 0.2) is 54.6 Å². The van der Waals surface area contributed by atoms with Gasteiger partial charge in [0.15, 0.2) is 0 Å². The molecule has 0 saturated carbocycles. The molecule has 3 rings (SSSR count). The minimum atomic E-state index is -4.78. The molecule has 0 spiro atoms. The number of anilines is 2. The lowest BCUT2D eigenvalue weighted by atomic mass is 9.92. The second-order valence-corrected chi connectivity index (χ2v) is 8.14. The van der Waals surface area contributed by atoms with Crippen LogP contribution in [0.3, 0.4) is 0 Å². The van der Waals surface area contributed by atoms with Gasteiger partial charge in [-0.3, -0.25) is 5.32 Å². The summed E-state index contributed by atoms with van der Waals surface area (Å²) in [5.74, 6) is -0.00433. The Morgan fingerprint density at radius 1 is 1.00 bits per heavy atom. The Morgan fingerprint density at radius 3 is 2.16 bits per heavy atom. The van der Waals surface area contributed by atoms with Crippen molar-refractivity contribution in [3.05, 3.63) is 65.3 Å². The van der Waals surface area contributed by atoms with Crippen molar-refractivity contribution in [1.29, 1.82) is 0 Å². The van der Waals surface area contributed by atoms with E-state index in [1.165, 1.54) is 28.9 Å². The largest absolute Gasteiger partial charge is 0.573 e. The van der Waals surface area contributed by atoms with Gasteiger partial charge in [0.2, 0.25) is 0 Å². The molecule has 0 saturated heterocycles. The summed E-state index contributed by atoms with van der Waals surface area (Å²) >= 11 is 5.85. The maximum absolute atomic E-state index is 12.5. The highest BCUT2D eigenvalue weighted by Crippen LogP contribution is 2.28. The van der Waals surface area contributed by atoms with Crippen molar-refractivity contribution in [1.82, 2.24) is 9.78 Å². The number of hydrogen-bond donors (Lipinski definition) is 2. The molecule has 0 aliphatic carbocycles. The van der Waals surface area contributed by atoms with Gasteiger partial charge < -0.3 is 10.1 Å². The molecule has 2 N–H and O–H groups in total. The van der Waals surface area contributed by atoms with Gasteiger partial charge in [-0.05, 0) is 48.5 Å². The zero-order chi connectivity index (χ0) is 22.8. The van der Waals surface area contributed by atoms with Gasteiger partial charge in [-0.1, -0.05) is 32.4 Å². The summed E-state index contributed by atoms with van der Waals surface area (Å²) in [6.45, 7) is 5.87. The van der Waals surface area contributed by atoms with Crippen LogP contribution < -0.4 is 15.4 Å². The number of alkyl halides is 3. The highest BCUT2D eigenvalue weighted by molar-refractivity contribution is 6.30. The van der Waals surface area contributed by atoms with E-state index in [0.717, 1.165) is 0 Å². The molecule has 31 heavy (non-hydrogen) atoms. The average molecular weight is 453 g/mol. The van der Waals surface area contributed by atoms with Crippen LogP contribution in [0.25, 0.3) is 5.69 Å². The van der Waals surface area contributed by atoms with E-state index < -0.39 is 12.4 Å². The van der Waals surface area contributed by atoms with Crippen LogP contribution >= 0.6 is 11.6 Å². The van der Waals surface area contributed by atoms with Crippen LogP contribution in [0.5, 0.6) is 5.75 Å². The van der Waals surface area contributed by atoms with Crippen LogP contribution in [-0.4, -0.2) is 22.2 Å². The number of nitrogens with one attached hydrogen (secondary N) is 2. The Kier molecular flexibility index (Phi) is 6.17. The zero-order valence-electron chi connectivity index (χ0n) is 16.9. The van der Waals surface area contributed by atoms with Gasteiger partial charge in [0.25, 0.3) is 0 Å². The summed E-state index contributed by atoms with van der Waals surface area (Å²) < 4.78 is 42.6. The minimum absolute atomic E-state index is 0.326. The third-order valence-corrected chi connectivity index (χ3v) is 4.39. The maximum Gasteiger partial charge on any atom is 0.573 e. The third kappa shape index (κ3) is 6.14. The molecule has 0 radical (unpaired) electrons. The lowest BCUT2D eigenvalue weighted by Crippen LogP contribution is -2.21. The van der Waals surface area contributed by atoms with Gasteiger partial charge in [0, 0.05) is 22.2 Å². The molecule has 1 heterocycles. The van der Waals surface area contributed by atoms with Crippen LogP contribution in [-0.2, 0) is 5.41 Å². The number of rotatable bonds is 4. The summed E-state index contributed by atoms with van der Waals surface area (Å²) in [6, 6.07) is 13.0. The summed E-state index contributed by atoms with van der Waals surface area (Å²) in [4.78, 5) is 12.5. The Hall–Kier alpha value is -3.20. The predicted octanol–water partition coefficient (Wildman–Crippen LogP) is 6.37. The Labute approximate surface area is 182 Å². The zero-order valence-corrected chi connectivity index (χ0v) is 17.7. The molecule has 0 aliphatic rings. The SMILES string of the molecule is CC(C)(C)c1cc(NC(=O)Nc2ccc(Cl)cc2)n(-c2ccc(OC(F)(F)F)cc2)n1. The van der Waals surface area contributed by atoms with E-state index in [1.54, 1.807) is 30.3 Å². The molecule has 2 aromatic carbocycles. The van der Waals surface area contributed by atoms with E-state index in [9.17, 15) is 18.0 Å². The fourth-order valence-electron chi connectivity index (χ4n) is 2.63. The first-order valence-electron chi connectivity index (χ1n) is 9.21. The molecule has 10 heteroatoms. The molecule has 164 valence electrons. The first-order valence-corrected chi connectivity index (χ1v) is 9.59. The second kappa shape index (κ2) is 8.50. The van der Waals surface area contributed by atoms with Crippen molar-refractivity contribution in [3.8, 4) is 11.4 Å². The molecule has 0 atom stereocenters. The second-order valence-electron chi connectivity index (χ2n) is 7.70. The maximum atomic E-state index is 12.5. The lowest BCUT2D eigenvalue weighted by molar-refractivity contribution is -0.274. The molecular formula is C21H20ClF3N4O2. The van der Waals surface area contributed by atoms with Crippen LogP contribution in [0, 0.1) is 0 Å². The Balaban J connectivity index is 1.86. The predicted molar refractivity (Wildman–Crippen MR) is 113 cm³/mol. The number of halogens is 4. The first-order chi connectivity index (χ1) is 14.4. The van der Waals surface area contributed by atoms with E-state index in [1.807, 2.05) is 20.8 Å². The van der Waals surface area contributed by atoms with Crippen molar-refractivity contribution in [2.45, 2.75) is 32.5 Å². The van der Waals surface area contributed by atoms with E-state index in [4.69, 9.17) is 11.6 Å². The Bertz CT molecular complexity index is 1060. The van der Waals surface area contributed by atoms with Gasteiger partial charge in [0.1, 0.15) is 11.6 Å². The van der Waals surface area contributed by atoms with Crippen LogP contribution in [0.4, 0.5) is 29.5 Å². The molecule has 1 aromatic heterocycles. The van der Waals surface area contributed by atoms with Crippen molar-refractivity contribution >= 4 is 29.1 Å². The summed E-state index contributed by atoms with van der Waals surface area (Å²) in [5.41, 5.74) is 1.35. The standard InChI is InChI=1S/C21H20ClF3N4O2/c1-20(2,3)17-12-18(27-19(30)26-14-6-4-13(22)5-7-14)29(28-17)15-8-10-16(11-9-15)31-21(23,24)25/h4-12H,1-3H3,(H2,26,27,30). The number of ether oxygens (including phenoxy) is 1. The number of benzene rings is 2. The topological polar surface area (TPSA) is 68.2 Å². The number of amides is 2. The van der Waals surface area contributed by atoms with Crippen molar-refractivity contribution in [2.75, 3.05) is 10.6 Å². The van der Waals surface area contributed by atoms with Gasteiger partial charge in [-0.25, -0.2) is 9.48 Å². The van der Waals surface area contributed by atoms with Crippen molar-refractivity contribution in [2.24, 2.45) is 0 Å². The fraction of sp³-hybridized carbons (Fsp3) is 0.238. The Morgan fingerprint density at radius 2 is 1.61 bits per heavy atom. The lowest BCUT2D eigenvalue weighted by Gasteiger charge is -2.14. The summed E-state index contributed by atoms with van der Waals surface area (Å²) in [7, 11) is 0. The third-order valence-electron chi connectivity index (χ3n) is 4.14. The van der Waals surface area contributed by atoms with Gasteiger partial charge >= 0.3 is 12.4 Å². The number of hydrogen-bond acceptors (Lipinski definition) is 3. The molecule has 0 unspecified atom stereocenters. The van der Waals surface area contributed by atoms with Crippen LogP contribution in [0.1, 0.15) is 26.5 Å². The monoisotopic (exact) mass is 452 g/mol. The van der Waals surface area contributed by atoms with Crippen LogP contribution in [0.2, 0.25) is 5.02 Å². The fourth-order valence-corrected chi connectivity index (χ4v) is 2.76. The minimum Gasteiger partial charge on any atom is -0.406 e. The van der Waals surface area contributed by atoms with E-state index in [0.29, 0.717) is 27.9 Å². The molecule has 2 amide bonds. The number of urea groups is 1. The van der Waals surface area contributed by atoms with Crippen molar-refractivity contribution < 1.29 is 22.7 Å². The number of aromatic nitrogens is 2. The quantitative estimate of drug-likeness (QED) is 0.483. The smallest absolute Gasteiger partial charge is 0.406 e. The summed E-state index contributed by atoms with van der Waals surface area (Å²) in [5, 5.41) is 10.5. The molecule has 6 nitrogen and oxygen atoms in total. The number of carbonyl (C=O) groups excluding carboxylic acids is 1. The number of carbonyl (C=O) groups is 1. The van der Waals surface area contributed by atoms with Crippen molar-refractivity contribution in [3.63, 3.8) is 0 Å². The van der Waals surface area contributed by atoms with E-state index >= 15 is 0 Å². The molecule has 0 fully saturated rings. The van der Waals surface area contributed by atoms with Gasteiger partial charge in [-0.2, -0.15) is 5.10 Å². The highest BCUT2D eigenvalue weighted by Gasteiger charge is 2.31. The highest BCUT2D eigenvalue weighted by atomic mass is 35.5. The van der Waals surface area contributed by atoms with Gasteiger partial charge in [-0.15, -0.1) is 13.2 Å². The molecule has 3 aromatic rings. The van der Waals surface area contributed by atoms with Gasteiger partial charge in [0.05, 0.1) is 11.4 Å². The van der Waals surface area contributed by atoms with E-state index in [-0.39, 0.29) is 11.2 Å². The summed E-state index contributed by atoms with van der Waals surface area (Å²) in [6.07, 6.45) is -4.78.